The van der Waals surface area contributed by atoms with E-state index in [2.05, 4.69) is 43.5 Å². The molecule has 14 nitrogen and oxygen atoms in total. The summed E-state index contributed by atoms with van der Waals surface area (Å²) in [6.07, 6.45) is 44.9. The topological polar surface area (TPSA) is 228 Å². The minimum atomic E-state index is -1.79. The van der Waals surface area contributed by atoms with Crippen LogP contribution in [0.1, 0.15) is 271 Å². The van der Waals surface area contributed by atoms with Gasteiger partial charge in [-0.2, -0.15) is 0 Å². The molecule has 0 aromatic heterocycles. The van der Waals surface area contributed by atoms with Gasteiger partial charge in [0.1, 0.15) is 48.8 Å². The van der Waals surface area contributed by atoms with Crippen LogP contribution in [0.25, 0.3) is 0 Å². The lowest BCUT2D eigenvalue weighted by Gasteiger charge is -2.46. The van der Waals surface area contributed by atoms with Gasteiger partial charge in [0, 0.05) is 6.42 Å². The summed E-state index contributed by atoms with van der Waals surface area (Å²) in [5, 5.41) is 87.2. The number of carbonyl (C=O) groups is 1. The molecule has 0 bridgehead atoms. The van der Waals surface area contributed by atoms with Gasteiger partial charge in [-0.1, -0.05) is 249 Å². The van der Waals surface area contributed by atoms with Gasteiger partial charge in [0.15, 0.2) is 12.6 Å². The first-order chi connectivity index (χ1) is 38.1. The van der Waals surface area contributed by atoms with Crippen molar-refractivity contribution < 1.29 is 64.6 Å². The summed E-state index contributed by atoms with van der Waals surface area (Å²) in [7, 11) is 0. The van der Waals surface area contributed by atoms with Crippen LogP contribution in [0.5, 0.6) is 0 Å². The zero-order valence-corrected chi connectivity index (χ0v) is 49.4. The third-order valence-corrected chi connectivity index (χ3v) is 15.8. The fourth-order valence-electron chi connectivity index (χ4n) is 10.6. The predicted octanol–water partition coefficient (Wildman–Crippen LogP) is 11.8. The van der Waals surface area contributed by atoms with E-state index in [0.717, 1.165) is 64.2 Å². The molecule has 2 saturated heterocycles. The summed E-state index contributed by atoms with van der Waals surface area (Å²) in [6.45, 7) is 2.78. The highest BCUT2D eigenvalue weighted by Crippen LogP contribution is 2.30. The number of aliphatic hydroxyl groups is 8. The van der Waals surface area contributed by atoms with Crippen LogP contribution < -0.4 is 5.32 Å². The van der Waals surface area contributed by atoms with E-state index >= 15 is 0 Å². The second kappa shape index (κ2) is 49.8. The molecule has 2 fully saturated rings. The Bertz CT molecular complexity index is 1450. The molecule has 0 saturated carbocycles. The Labute approximate surface area is 474 Å². The van der Waals surface area contributed by atoms with Gasteiger partial charge >= 0.3 is 0 Å². The maximum Gasteiger partial charge on any atom is 0.220 e. The van der Waals surface area contributed by atoms with E-state index < -0.39 is 86.8 Å². The van der Waals surface area contributed by atoms with Crippen LogP contribution in [0, 0.1) is 0 Å². The van der Waals surface area contributed by atoms with Gasteiger partial charge in [-0.3, -0.25) is 4.79 Å². The predicted molar refractivity (Wildman–Crippen MR) is 314 cm³/mol. The summed E-state index contributed by atoms with van der Waals surface area (Å²) >= 11 is 0. The van der Waals surface area contributed by atoms with Gasteiger partial charge < -0.3 is 65.1 Å². The quantitative estimate of drug-likeness (QED) is 0.0204. The van der Waals surface area contributed by atoms with Crippen LogP contribution in [0.3, 0.4) is 0 Å². The van der Waals surface area contributed by atoms with Crippen LogP contribution in [0.2, 0.25) is 0 Å². The van der Waals surface area contributed by atoms with Crippen molar-refractivity contribution in [3.63, 3.8) is 0 Å². The van der Waals surface area contributed by atoms with Crippen molar-refractivity contribution >= 4 is 5.91 Å². The number of aliphatic hydroxyl groups excluding tert-OH is 8. The molecule has 0 radical (unpaired) electrons. The number of unbranched alkanes of at least 4 members (excludes halogenated alkanes) is 35. The van der Waals surface area contributed by atoms with Gasteiger partial charge in [0.2, 0.25) is 5.91 Å². The van der Waals surface area contributed by atoms with Crippen LogP contribution in [-0.4, -0.2) is 140 Å². The zero-order chi connectivity index (χ0) is 56.7. The number of carbonyl (C=O) groups excluding carboxylic acids is 1. The standard InChI is InChI=1S/C64H119NO13/c1-3-5-7-9-11-13-15-17-19-20-21-22-23-24-25-26-27-28-29-30-31-32-34-35-37-39-41-43-45-47-53(68)52(65-56(69)48-46-44-42-40-38-36-33-18-16-14-12-10-8-6-4-2)51-75-63-61(74)59(72)62(55(50-67)77-63)78-64-60(73)58(71)57(70)54(49-66)76-64/h12,14,18,33,45,47,52-55,57-64,66-68,70-74H,3-11,13,15-17,19-32,34-44,46,48-51H2,1-2H3,(H,65,69)/b14-12-,33-18-,47-45+. The van der Waals surface area contributed by atoms with Crippen molar-refractivity contribution in [2.45, 2.75) is 344 Å². The van der Waals surface area contributed by atoms with Crippen molar-refractivity contribution in [3.05, 3.63) is 36.5 Å². The van der Waals surface area contributed by atoms with E-state index in [1.807, 2.05) is 6.08 Å². The molecule has 0 spiro atoms. The average Bonchev–Trinajstić information content (AvgIpc) is 3.48. The van der Waals surface area contributed by atoms with E-state index in [1.54, 1.807) is 6.08 Å². The zero-order valence-electron chi connectivity index (χ0n) is 49.4. The van der Waals surface area contributed by atoms with Crippen molar-refractivity contribution in [1.82, 2.24) is 5.32 Å². The Morgan fingerprint density at radius 1 is 0.462 bits per heavy atom. The molecule has 14 heteroatoms. The number of rotatable bonds is 52. The summed E-state index contributed by atoms with van der Waals surface area (Å²) in [5.41, 5.74) is 0. The first-order valence-electron chi connectivity index (χ1n) is 32.2. The number of allylic oxidation sites excluding steroid dienone is 5. The van der Waals surface area contributed by atoms with E-state index in [1.165, 1.54) is 180 Å². The second-order valence-corrected chi connectivity index (χ2v) is 22.9. The summed E-state index contributed by atoms with van der Waals surface area (Å²) in [6, 6.07) is -0.922. The number of hydrogen-bond acceptors (Lipinski definition) is 13. The molecule has 0 aromatic rings. The molecule has 12 atom stereocenters. The highest BCUT2D eigenvalue weighted by molar-refractivity contribution is 5.76. The van der Waals surface area contributed by atoms with Gasteiger partial charge in [0.25, 0.3) is 0 Å². The first-order valence-corrected chi connectivity index (χ1v) is 32.2. The fraction of sp³-hybridized carbons (Fsp3) is 0.891. The first kappa shape index (κ1) is 72.3. The Balaban J connectivity index is 1.69. The third-order valence-electron chi connectivity index (χ3n) is 15.8. The van der Waals surface area contributed by atoms with E-state index in [0.29, 0.717) is 6.42 Å². The van der Waals surface area contributed by atoms with E-state index in [4.69, 9.17) is 18.9 Å². The van der Waals surface area contributed by atoms with Crippen molar-refractivity contribution in [3.8, 4) is 0 Å². The lowest BCUT2D eigenvalue weighted by atomic mass is 9.97. The number of ether oxygens (including phenoxy) is 4. The number of hydrogen-bond donors (Lipinski definition) is 9. The summed E-state index contributed by atoms with van der Waals surface area (Å²) in [5.74, 6) is -0.251. The molecule has 2 aliphatic rings. The Morgan fingerprint density at radius 3 is 1.31 bits per heavy atom. The smallest absolute Gasteiger partial charge is 0.220 e. The normalized spacial score (nSPS) is 24.7. The molecular weight excluding hydrogens is 991 g/mol. The minimum Gasteiger partial charge on any atom is -0.394 e. The summed E-state index contributed by atoms with van der Waals surface area (Å²) in [4.78, 5) is 13.2. The third kappa shape index (κ3) is 34.6. The van der Waals surface area contributed by atoms with Crippen LogP contribution in [0.15, 0.2) is 36.5 Å². The molecule has 1 amide bonds. The van der Waals surface area contributed by atoms with Gasteiger partial charge in [0.05, 0.1) is 32.0 Å². The van der Waals surface area contributed by atoms with E-state index in [9.17, 15) is 45.6 Å². The Hall–Kier alpha value is -1.79. The Kier molecular flexibility index (Phi) is 46.2. The lowest BCUT2D eigenvalue weighted by Crippen LogP contribution is -2.65. The average molecular weight is 1110 g/mol. The highest BCUT2D eigenvalue weighted by Gasteiger charge is 2.51. The minimum absolute atomic E-state index is 0.251. The van der Waals surface area contributed by atoms with Crippen molar-refractivity contribution in [1.29, 1.82) is 0 Å². The van der Waals surface area contributed by atoms with Gasteiger partial charge in [-0.05, 0) is 51.4 Å². The molecule has 78 heavy (non-hydrogen) atoms. The van der Waals surface area contributed by atoms with Crippen molar-refractivity contribution in [2.24, 2.45) is 0 Å². The molecule has 2 aliphatic heterocycles. The monoisotopic (exact) mass is 1110 g/mol. The van der Waals surface area contributed by atoms with Gasteiger partial charge in [-0.15, -0.1) is 0 Å². The highest BCUT2D eigenvalue weighted by atomic mass is 16.7. The number of nitrogens with one attached hydrogen (secondary N) is 1. The maximum atomic E-state index is 13.2. The molecule has 12 unspecified atom stereocenters. The lowest BCUT2D eigenvalue weighted by molar-refractivity contribution is -0.359. The Morgan fingerprint density at radius 2 is 0.846 bits per heavy atom. The molecule has 2 rings (SSSR count). The van der Waals surface area contributed by atoms with Crippen LogP contribution in [0.4, 0.5) is 0 Å². The summed E-state index contributed by atoms with van der Waals surface area (Å²) < 4.78 is 22.8. The molecule has 458 valence electrons. The molecule has 0 aliphatic carbocycles. The largest absolute Gasteiger partial charge is 0.394 e. The SMILES string of the molecule is CCCCC/C=C\C/C=C\CCCCCCCC(=O)NC(COC1OC(CO)C(OC2OC(CO)C(O)C(O)C2O)C(O)C1O)C(O)/C=C/CCCCCCCCCCCCCCCCCCCCCCCCCCCCC. The van der Waals surface area contributed by atoms with Crippen LogP contribution in [-0.2, 0) is 23.7 Å². The fourth-order valence-corrected chi connectivity index (χ4v) is 10.6. The molecule has 9 N–H and O–H groups in total. The second-order valence-electron chi connectivity index (χ2n) is 22.9. The van der Waals surface area contributed by atoms with Crippen molar-refractivity contribution in [2.75, 3.05) is 19.8 Å². The molecule has 0 aromatic carbocycles. The van der Waals surface area contributed by atoms with Crippen LogP contribution >= 0.6 is 0 Å². The molecule has 2 heterocycles. The molecular formula is C64H119NO13. The van der Waals surface area contributed by atoms with Gasteiger partial charge in [-0.25, -0.2) is 0 Å². The maximum absolute atomic E-state index is 13.2. The number of amides is 1. The van der Waals surface area contributed by atoms with E-state index in [-0.39, 0.29) is 18.9 Å².